The van der Waals surface area contributed by atoms with Crippen LogP contribution in [0.15, 0.2) is 47.4 Å². The molecule has 1 amide bonds. The van der Waals surface area contributed by atoms with Crippen molar-refractivity contribution in [3.05, 3.63) is 53.1 Å². The van der Waals surface area contributed by atoms with Crippen molar-refractivity contribution in [2.45, 2.75) is 63.2 Å². The monoisotopic (exact) mass is 581 g/mol. The van der Waals surface area contributed by atoms with E-state index < -0.39 is 16.1 Å². The van der Waals surface area contributed by atoms with Gasteiger partial charge in [-0.1, -0.05) is 18.5 Å². The number of halogens is 1. The van der Waals surface area contributed by atoms with E-state index >= 15 is 0 Å². The molecule has 0 spiro atoms. The van der Waals surface area contributed by atoms with Crippen LogP contribution in [-0.4, -0.2) is 75.9 Å². The van der Waals surface area contributed by atoms with E-state index in [-0.39, 0.29) is 46.8 Å². The third-order valence-electron chi connectivity index (χ3n) is 6.83. The van der Waals surface area contributed by atoms with Crippen LogP contribution in [0.1, 0.15) is 50.4 Å². The maximum Gasteiger partial charge on any atom is 0.261 e. The second-order valence-electron chi connectivity index (χ2n) is 10.1. The Morgan fingerprint density at radius 3 is 2.54 bits per heavy atom. The second kappa shape index (κ2) is 14.3. The Morgan fingerprint density at radius 1 is 1.15 bits per heavy atom. The number of ether oxygens (including phenoxy) is 2. The van der Waals surface area contributed by atoms with Gasteiger partial charge >= 0.3 is 0 Å². The van der Waals surface area contributed by atoms with Crippen LogP contribution in [0.4, 0.5) is 5.69 Å². The summed E-state index contributed by atoms with van der Waals surface area (Å²) in [6.45, 7) is 7.09. The van der Waals surface area contributed by atoms with E-state index in [1.165, 1.54) is 30.3 Å². The Morgan fingerprint density at radius 2 is 1.87 bits per heavy atom. The third-order valence-corrected chi connectivity index (χ3v) is 8.48. The molecule has 0 bridgehead atoms. The van der Waals surface area contributed by atoms with Crippen LogP contribution < -0.4 is 14.8 Å². The molecule has 11 heteroatoms. The van der Waals surface area contributed by atoms with Crippen molar-refractivity contribution in [1.29, 1.82) is 0 Å². The zero-order valence-electron chi connectivity index (χ0n) is 23.0. The zero-order chi connectivity index (χ0) is 28.6. The Balaban J connectivity index is 2.02. The molecule has 3 N–H and O–H groups in total. The fraction of sp³-hybridized carbons (Fsp3) is 0.536. The summed E-state index contributed by atoms with van der Waals surface area (Å²) in [6, 6.07) is 10.0. The van der Waals surface area contributed by atoms with Gasteiger partial charge in [0.05, 0.1) is 35.3 Å². The molecule has 0 unspecified atom stereocenters. The predicted octanol–water partition coefficient (Wildman–Crippen LogP) is 4.16. The van der Waals surface area contributed by atoms with Gasteiger partial charge in [0.25, 0.3) is 15.9 Å². The number of nitrogens with one attached hydrogen (secondary N) is 2. The Kier molecular flexibility index (Phi) is 11.4. The number of amides is 1. The topological polar surface area (TPSA) is 117 Å². The predicted molar refractivity (Wildman–Crippen MR) is 153 cm³/mol. The second-order valence-corrected chi connectivity index (χ2v) is 12.2. The molecule has 0 saturated heterocycles. The molecule has 39 heavy (non-hydrogen) atoms. The zero-order valence-corrected chi connectivity index (χ0v) is 24.6. The number of hydrogen-bond donors (Lipinski definition) is 3. The summed E-state index contributed by atoms with van der Waals surface area (Å²) < 4.78 is 41.0. The van der Waals surface area contributed by atoms with Crippen LogP contribution in [0.2, 0.25) is 5.02 Å². The standard InChI is InChI=1S/C28H40ClN3O6S/c1-19-17-32(20(2)18-33)28(34)25-15-23(31-39(35,36)24-11-8-22(29)9-12-24)10-13-26(25)38-21(3)7-5-6-14-37-27(19)16-30-4/h8-13,15,19-21,27,30-31,33H,5-7,14,16-18H2,1-4H3/t19-,20-,21-,27-/m0/s1. The highest BCUT2D eigenvalue weighted by Gasteiger charge is 2.30. The number of anilines is 1. The van der Waals surface area contributed by atoms with E-state index in [1.54, 1.807) is 24.0 Å². The molecule has 1 aliphatic heterocycles. The summed E-state index contributed by atoms with van der Waals surface area (Å²) in [5, 5.41) is 13.6. The van der Waals surface area contributed by atoms with Crippen LogP contribution in [0.3, 0.4) is 0 Å². The minimum atomic E-state index is -3.93. The van der Waals surface area contributed by atoms with Gasteiger partial charge < -0.3 is 24.8 Å². The lowest BCUT2D eigenvalue weighted by atomic mass is 10.0. The normalized spacial score (nSPS) is 22.4. The van der Waals surface area contributed by atoms with Gasteiger partial charge in [0.15, 0.2) is 0 Å². The molecule has 2 aromatic rings. The first-order chi connectivity index (χ1) is 18.6. The summed E-state index contributed by atoms with van der Waals surface area (Å²) in [7, 11) is -2.06. The lowest BCUT2D eigenvalue weighted by molar-refractivity contribution is -0.000450. The van der Waals surface area contributed by atoms with E-state index in [0.29, 0.717) is 30.5 Å². The molecule has 0 aromatic heterocycles. The molecule has 0 fully saturated rings. The van der Waals surface area contributed by atoms with Gasteiger partial charge in [-0.3, -0.25) is 9.52 Å². The highest BCUT2D eigenvalue weighted by molar-refractivity contribution is 7.92. The summed E-state index contributed by atoms with van der Waals surface area (Å²) in [4.78, 5) is 15.7. The Bertz CT molecular complexity index is 1190. The number of nitrogens with zero attached hydrogens (tertiary/aromatic N) is 1. The van der Waals surface area contributed by atoms with E-state index in [1.807, 2.05) is 20.9 Å². The number of carbonyl (C=O) groups excluding carboxylic acids is 1. The van der Waals surface area contributed by atoms with E-state index in [9.17, 15) is 18.3 Å². The van der Waals surface area contributed by atoms with Crippen molar-refractivity contribution in [2.75, 3.05) is 38.1 Å². The minimum Gasteiger partial charge on any atom is -0.490 e. The molecular formula is C28H40ClN3O6S. The van der Waals surface area contributed by atoms with Crippen molar-refractivity contribution in [3.8, 4) is 5.75 Å². The van der Waals surface area contributed by atoms with Gasteiger partial charge in [-0.25, -0.2) is 8.42 Å². The maximum absolute atomic E-state index is 14.0. The SMILES string of the molecule is CNC[C@@H]1OCCCC[C@H](C)Oc2ccc(NS(=O)(=O)c3ccc(Cl)cc3)cc2C(=O)N([C@@H](C)CO)C[C@@H]1C. The molecule has 1 aliphatic rings. The van der Waals surface area contributed by atoms with Crippen molar-refractivity contribution in [3.63, 3.8) is 0 Å². The fourth-order valence-corrected chi connectivity index (χ4v) is 5.68. The number of carbonyl (C=O) groups is 1. The molecule has 2 aromatic carbocycles. The van der Waals surface area contributed by atoms with Gasteiger partial charge in [0.2, 0.25) is 0 Å². The quantitative estimate of drug-likeness (QED) is 0.449. The molecular weight excluding hydrogens is 542 g/mol. The number of hydrogen-bond acceptors (Lipinski definition) is 7. The van der Waals surface area contributed by atoms with E-state index in [0.717, 1.165) is 19.3 Å². The Hall–Kier alpha value is -2.37. The molecule has 9 nitrogen and oxygen atoms in total. The first-order valence-electron chi connectivity index (χ1n) is 13.3. The number of fused-ring (bicyclic) bond motifs is 1. The molecule has 3 rings (SSSR count). The van der Waals surface area contributed by atoms with Crippen LogP contribution in [0.5, 0.6) is 5.75 Å². The van der Waals surface area contributed by atoms with E-state index in [4.69, 9.17) is 21.1 Å². The van der Waals surface area contributed by atoms with Gasteiger partial charge in [-0.2, -0.15) is 0 Å². The number of sulfonamides is 1. The number of rotatable bonds is 7. The van der Waals surface area contributed by atoms with Crippen molar-refractivity contribution < 1.29 is 27.8 Å². The number of likely N-dealkylation sites (N-methyl/N-ethyl adjacent to an activating group) is 1. The van der Waals surface area contributed by atoms with Crippen LogP contribution in [0.25, 0.3) is 0 Å². The first kappa shape index (κ1) is 31.2. The molecule has 0 saturated carbocycles. The van der Waals surface area contributed by atoms with Crippen molar-refractivity contribution in [1.82, 2.24) is 10.2 Å². The number of benzene rings is 2. The third kappa shape index (κ3) is 8.56. The largest absolute Gasteiger partial charge is 0.490 e. The molecule has 216 valence electrons. The molecule has 0 aliphatic carbocycles. The van der Waals surface area contributed by atoms with Crippen LogP contribution >= 0.6 is 11.6 Å². The van der Waals surface area contributed by atoms with Crippen molar-refractivity contribution >= 4 is 33.2 Å². The average Bonchev–Trinajstić information content (AvgIpc) is 2.90. The summed E-state index contributed by atoms with van der Waals surface area (Å²) in [5.74, 6) is -0.0311. The highest BCUT2D eigenvalue weighted by Crippen LogP contribution is 2.29. The highest BCUT2D eigenvalue weighted by atomic mass is 35.5. The van der Waals surface area contributed by atoms with Gasteiger partial charge in [-0.05, 0) is 82.6 Å². The average molecular weight is 582 g/mol. The van der Waals surface area contributed by atoms with Gasteiger partial charge in [-0.15, -0.1) is 0 Å². The van der Waals surface area contributed by atoms with Crippen LogP contribution in [0, 0.1) is 5.92 Å². The van der Waals surface area contributed by atoms with Crippen LogP contribution in [-0.2, 0) is 14.8 Å². The molecule has 0 radical (unpaired) electrons. The smallest absolute Gasteiger partial charge is 0.261 e. The summed E-state index contributed by atoms with van der Waals surface area (Å²) >= 11 is 5.91. The molecule has 1 heterocycles. The first-order valence-corrected chi connectivity index (χ1v) is 15.2. The van der Waals surface area contributed by atoms with E-state index in [2.05, 4.69) is 10.0 Å². The molecule has 4 atom stereocenters. The van der Waals surface area contributed by atoms with Gasteiger partial charge in [0, 0.05) is 36.3 Å². The lowest BCUT2D eigenvalue weighted by Gasteiger charge is -2.34. The minimum absolute atomic E-state index is 0.0341. The Labute approximate surface area is 236 Å². The number of aliphatic hydroxyl groups is 1. The maximum atomic E-state index is 14.0. The summed E-state index contributed by atoms with van der Waals surface area (Å²) in [5.41, 5.74) is 0.435. The lowest BCUT2D eigenvalue weighted by Crippen LogP contribution is -2.47. The van der Waals surface area contributed by atoms with Gasteiger partial charge in [0.1, 0.15) is 5.75 Å². The fourth-order valence-electron chi connectivity index (χ4n) is 4.51. The number of aliphatic hydroxyl groups excluding tert-OH is 1. The van der Waals surface area contributed by atoms with Crippen molar-refractivity contribution in [2.24, 2.45) is 5.92 Å². The summed E-state index contributed by atoms with van der Waals surface area (Å²) in [6.07, 6.45) is 2.26.